The van der Waals surface area contributed by atoms with Crippen LogP contribution in [0.15, 0.2) is 107 Å². The van der Waals surface area contributed by atoms with Crippen molar-refractivity contribution in [2.24, 2.45) is 0 Å². The zero-order valence-corrected chi connectivity index (χ0v) is 19.4. The maximum absolute atomic E-state index is 13.6. The average Bonchev–Trinajstić information content (AvgIpc) is 2.96. The number of hydrogen-bond acceptors (Lipinski definition) is 3. The minimum Gasteiger partial charge on any atom is -0.308 e. The van der Waals surface area contributed by atoms with Crippen molar-refractivity contribution in [3.05, 3.63) is 114 Å². The Kier molecular flexibility index (Phi) is 6.06. The van der Waals surface area contributed by atoms with E-state index in [0.717, 1.165) is 26.6 Å². The van der Waals surface area contributed by atoms with E-state index in [1.165, 1.54) is 0 Å². The van der Waals surface area contributed by atoms with Gasteiger partial charge in [0.05, 0.1) is 17.8 Å². The van der Waals surface area contributed by atoms with Crippen molar-refractivity contribution >= 4 is 40.8 Å². The third-order valence-corrected chi connectivity index (χ3v) is 6.72. The molecule has 0 fully saturated rings. The molecular formula is C28H23N3O2S. The highest BCUT2D eigenvalue weighted by atomic mass is 32.2. The molecule has 168 valence electrons. The molecule has 4 aromatic carbocycles. The van der Waals surface area contributed by atoms with Crippen molar-refractivity contribution in [3.8, 4) is 0 Å². The summed E-state index contributed by atoms with van der Waals surface area (Å²) in [6, 6.07) is 30.5. The Morgan fingerprint density at radius 3 is 2.26 bits per heavy atom. The standard InChI is InChI=1S/C28H23N3O2S/c1-19-11-13-21(14-12-19)29-28(33)30-22-15-16-26-24(17-22)31(18-20-7-3-2-4-8-20)27(32)23-9-5-6-10-25(23)34-26/h2-17H,18H2,1H3,(H2,29,30,33). The number of aryl methyl sites for hydroxylation is 1. The summed E-state index contributed by atoms with van der Waals surface area (Å²) in [4.78, 5) is 29.9. The predicted molar refractivity (Wildman–Crippen MR) is 138 cm³/mol. The number of rotatable bonds is 4. The van der Waals surface area contributed by atoms with Gasteiger partial charge < -0.3 is 15.5 Å². The molecule has 0 radical (unpaired) electrons. The molecule has 2 N–H and O–H groups in total. The second kappa shape index (κ2) is 9.45. The van der Waals surface area contributed by atoms with Crippen LogP contribution in [0.2, 0.25) is 0 Å². The van der Waals surface area contributed by atoms with Crippen LogP contribution in [0.25, 0.3) is 0 Å². The molecule has 1 aliphatic heterocycles. The fraction of sp³-hybridized carbons (Fsp3) is 0.0714. The number of nitrogens with zero attached hydrogens (tertiary/aromatic N) is 1. The molecule has 6 heteroatoms. The molecule has 1 aliphatic rings. The molecule has 3 amide bonds. The number of anilines is 3. The van der Waals surface area contributed by atoms with Gasteiger partial charge in [0.2, 0.25) is 0 Å². The zero-order chi connectivity index (χ0) is 23.5. The van der Waals surface area contributed by atoms with Crippen LogP contribution in [-0.4, -0.2) is 11.9 Å². The molecule has 0 spiro atoms. The molecule has 0 saturated heterocycles. The highest BCUT2D eigenvalue weighted by molar-refractivity contribution is 7.99. The largest absolute Gasteiger partial charge is 0.323 e. The minimum absolute atomic E-state index is 0.0630. The molecule has 0 saturated carbocycles. The van der Waals surface area contributed by atoms with Crippen LogP contribution in [0, 0.1) is 6.92 Å². The number of fused-ring (bicyclic) bond motifs is 2. The molecule has 0 bridgehead atoms. The first kappa shape index (κ1) is 21.8. The van der Waals surface area contributed by atoms with Gasteiger partial charge in [-0.1, -0.05) is 71.9 Å². The van der Waals surface area contributed by atoms with Gasteiger partial charge in [-0.05, 0) is 55.0 Å². The number of urea groups is 1. The van der Waals surface area contributed by atoms with Gasteiger partial charge in [0.25, 0.3) is 5.91 Å². The van der Waals surface area contributed by atoms with Gasteiger partial charge in [0.1, 0.15) is 0 Å². The second-order valence-corrected chi connectivity index (χ2v) is 9.19. The highest BCUT2D eigenvalue weighted by Gasteiger charge is 2.27. The number of carbonyl (C=O) groups is 2. The van der Waals surface area contributed by atoms with E-state index in [1.54, 1.807) is 16.7 Å². The summed E-state index contributed by atoms with van der Waals surface area (Å²) in [5, 5.41) is 5.75. The SMILES string of the molecule is Cc1ccc(NC(=O)Nc2ccc3c(c2)N(Cc2ccccc2)C(=O)c2ccccc2S3)cc1. The van der Waals surface area contributed by atoms with Gasteiger partial charge in [-0.3, -0.25) is 4.79 Å². The summed E-state index contributed by atoms with van der Waals surface area (Å²) in [6.45, 7) is 2.43. The lowest BCUT2D eigenvalue weighted by molar-refractivity contribution is 0.0982. The Morgan fingerprint density at radius 2 is 1.47 bits per heavy atom. The van der Waals surface area contributed by atoms with Gasteiger partial charge in [0, 0.05) is 21.2 Å². The van der Waals surface area contributed by atoms with E-state index in [9.17, 15) is 9.59 Å². The lowest BCUT2D eigenvalue weighted by Crippen LogP contribution is -2.30. The number of hydrogen-bond donors (Lipinski definition) is 2. The molecule has 1 heterocycles. The van der Waals surface area contributed by atoms with E-state index >= 15 is 0 Å². The van der Waals surface area contributed by atoms with E-state index in [1.807, 2.05) is 104 Å². The first-order valence-electron chi connectivity index (χ1n) is 11.0. The summed E-state index contributed by atoms with van der Waals surface area (Å²) in [7, 11) is 0. The molecule has 0 aromatic heterocycles. The van der Waals surface area contributed by atoms with Crippen molar-refractivity contribution in [2.45, 2.75) is 23.3 Å². The van der Waals surface area contributed by atoms with E-state index in [4.69, 9.17) is 0 Å². The van der Waals surface area contributed by atoms with Gasteiger partial charge in [-0.2, -0.15) is 0 Å². The van der Waals surface area contributed by atoms with Gasteiger partial charge in [-0.15, -0.1) is 0 Å². The van der Waals surface area contributed by atoms with Crippen molar-refractivity contribution < 1.29 is 9.59 Å². The van der Waals surface area contributed by atoms with Gasteiger partial charge >= 0.3 is 6.03 Å². The van der Waals surface area contributed by atoms with Crippen molar-refractivity contribution in [1.82, 2.24) is 0 Å². The van der Waals surface area contributed by atoms with Crippen LogP contribution in [0.1, 0.15) is 21.5 Å². The minimum atomic E-state index is -0.339. The Morgan fingerprint density at radius 1 is 0.794 bits per heavy atom. The molecule has 0 unspecified atom stereocenters. The van der Waals surface area contributed by atoms with Gasteiger partial charge in [-0.25, -0.2) is 4.79 Å². The van der Waals surface area contributed by atoms with E-state index < -0.39 is 0 Å². The van der Waals surface area contributed by atoms with Crippen LogP contribution in [0.3, 0.4) is 0 Å². The Hall–Kier alpha value is -4.03. The first-order chi connectivity index (χ1) is 16.6. The monoisotopic (exact) mass is 465 g/mol. The lowest BCUT2D eigenvalue weighted by atomic mass is 10.1. The summed E-state index contributed by atoms with van der Waals surface area (Å²) in [6.07, 6.45) is 0. The first-order valence-corrected chi connectivity index (χ1v) is 11.8. The molecular weight excluding hydrogens is 442 g/mol. The van der Waals surface area contributed by atoms with Crippen molar-refractivity contribution in [3.63, 3.8) is 0 Å². The highest BCUT2D eigenvalue weighted by Crippen LogP contribution is 2.43. The summed E-state index contributed by atoms with van der Waals surface area (Å²) in [5.74, 6) is -0.0630. The average molecular weight is 466 g/mol. The van der Waals surface area contributed by atoms with Crippen LogP contribution in [-0.2, 0) is 6.54 Å². The molecule has 0 aliphatic carbocycles. The molecule has 0 atom stereocenters. The molecule has 4 aromatic rings. The summed E-state index contributed by atoms with van der Waals surface area (Å²) in [5.41, 5.74) is 4.92. The smallest absolute Gasteiger partial charge is 0.308 e. The number of carbonyl (C=O) groups excluding carboxylic acids is 2. The number of nitrogens with one attached hydrogen (secondary N) is 2. The third-order valence-electron chi connectivity index (χ3n) is 5.58. The second-order valence-electron chi connectivity index (χ2n) is 8.10. The Labute approximate surface area is 202 Å². The van der Waals surface area contributed by atoms with Crippen molar-refractivity contribution in [2.75, 3.05) is 15.5 Å². The molecule has 34 heavy (non-hydrogen) atoms. The van der Waals surface area contributed by atoms with Crippen LogP contribution in [0.5, 0.6) is 0 Å². The van der Waals surface area contributed by atoms with Crippen LogP contribution < -0.4 is 15.5 Å². The van der Waals surface area contributed by atoms with E-state index in [0.29, 0.717) is 23.5 Å². The Balaban J connectivity index is 1.46. The lowest BCUT2D eigenvalue weighted by Gasteiger charge is -2.24. The molecule has 5 rings (SSSR count). The fourth-order valence-electron chi connectivity index (χ4n) is 3.85. The van der Waals surface area contributed by atoms with Gasteiger partial charge in [0.15, 0.2) is 0 Å². The number of amides is 3. The van der Waals surface area contributed by atoms with E-state index in [-0.39, 0.29) is 11.9 Å². The maximum atomic E-state index is 13.6. The number of benzene rings is 4. The third kappa shape index (κ3) is 4.67. The fourth-order valence-corrected chi connectivity index (χ4v) is 4.91. The zero-order valence-electron chi connectivity index (χ0n) is 18.6. The topological polar surface area (TPSA) is 61.4 Å². The maximum Gasteiger partial charge on any atom is 0.323 e. The van der Waals surface area contributed by atoms with Crippen molar-refractivity contribution in [1.29, 1.82) is 0 Å². The van der Waals surface area contributed by atoms with Crippen LogP contribution >= 0.6 is 11.8 Å². The van der Waals surface area contributed by atoms with Crippen LogP contribution in [0.4, 0.5) is 21.9 Å². The van der Waals surface area contributed by atoms with E-state index in [2.05, 4.69) is 10.6 Å². The quantitative estimate of drug-likeness (QED) is 0.343. The predicted octanol–water partition coefficient (Wildman–Crippen LogP) is 6.95. The summed E-state index contributed by atoms with van der Waals surface area (Å²) < 4.78 is 0. The normalized spacial score (nSPS) is 12.4. The molecule has 5 nitrogen and oxygen atoms in total. The Bertz CT molecular complexity index is 1350. The summed E-state index contributed by atoms with van der Waals surface area (Å²) >= 11 is 1.56.